The first-order chi connectivity index (χ1) is 14.3. The lowest BCUT2D eigenvalue weighted by Crippen LogP contribution is -2.44. The number of thiocarbonyl (C=S) groups is 1. The van der Waals surface area contributed by atoms with Crippen LogP contribution in [0.5, 0.6) is 5.75 Å². The third kappa shape index (κ3) is 4.87. The molecule has 30 heavy (non-hydrogen) atoms. The minimum absolute atomic E-state index is 0.130. The normalized spacial score (nSPS) is 16.2. The Bertz CT molecular complexity index is 1090. The molecule has 1 atom stereocenters. The molecule has 0 radical (unpaired) electrons. The van der Waals surface area contributed by atoms with Crippen molar-refractivity contribution < 1.29 is 19.4 Å². The maximum Gasteiger partial charge on any atom is 0.336 e. The predicted molar refractivity (Wildman–Crippen MR) is 119 cm³/mol. The van der Waals surface area contributed by atoms with Crippen LogP contribution in [0.4, 0.5) is 0 Å². The number of rotatable bonds is 5. The molecule has 1 unspecified atom stereocenters. The highest BCUT2D eigenvalue weighted by atomic mass is 35.5. The fourth-order valence-corrected chi connectivity index (χ4v) is 3.58. The Morgan fingerprint density at radius 3 is 2.60 bits per heavy atom. The lowest BCUT2D eigenvalue weighted by atomic mass is 9.96. The highest BCUT2D eigenvalue weighted by Gasteiger charge is 2.30. The SMILES string of the molecule is CC1=C(C(=O)O)C(c2ccc(OC(=O)C=Cc3ccccc3C)c(Cl)c2)NC(=S)N1. The van der Waals surface area contributed by atoms with Crippen LogP contribution in [-0.4, -0.2) is 22.2 Å². The Morgan fingerprint density at radius 1 is 1.20 bits per heavy atom. The number of hydrogen-bond donors (Lipinski definition) is 3. The fraction of sp³-hybridized carbons (Fsp3) is 0.136. The summed E-state index contributed by atoms with van der Waals surface area (Å²) in [5.41, 5.74) is 3.10. The van der Waals surface area contributed by atoms with Gasteiger partial charge in [0.2, 0.25) is 0 Å². The number of nitrogens with one attached hydrogen (secondary N) is 2. The van der Waals surface area contributed by atoms with E-state index in [0.29, 0.717) is 16.4 Å². The van der Waals surface area contributed by atoms with Gasteiger partial charge in [-0.2, -0.15) is 0 Å². The Balaban J connectivity index is 1.79. The summed E-state index contributed by atoms with van der Waals surface area (Å²) in [4.78, 5) is 23.8. The summed E-state index contributed by atoms with van der Waals surface area (Å²) in [5.74, 6) is -1.47. The second kappa shape index (κ2) is 9.11. The Kier molecular flexibility index (Phi) is 6.54. The summed E-state index contributed by atoms with van der Waals surface area (Å²) in [7, 11) is 0. The first-order valence-electron chi connectivity index (χ1n) is 9.03. The molecule has 0 spiro atoms. The van der Waals surface area contributed by atoms with Crippen molar-refractivity contribution in [2.75, 3.05) is 0 Å². The highest BCUT2D eigenvalue weighted by Crippen LogP contribution is 2.32. The van der Waals surface area contributed by atoms with E-state index >= 15 is 0 Å². The van der Waals surface area contributed by atoms with Crippen molar-refractivity contribution in [2.24, 2.45) is 0 Å². The molecule has 0 fully saturated rings. The molecule has 0 saturated carbocycles. The number of allylic oxidation sites excluding steroid dienone is 1. The molecule has 3 rings (SSSR count). The minimum Gasteiger partial charge on any atom is -0.478 e. The van der Waals surface area contributed by atoms with Gasteiger partial charge >= 0.3 is 11.9 Å². The Labute approximate surface area is 184 Å². The minimum atomic E-state index is -1.08. The maximum absolute atomic E-state index is 12.2. The van der Waals surface area contributed by atoms with E-state index in [1.807, 2.05) is 31.2 Å². The van der Waals surface area contributed by atoms with Crippen molar-refractivity contribution in [1.29, 1.82) is 0 Å². The predicted octanol–water partition coefficient (Wildman–Crippen LogP) is 4.14. The molecule has 1 aliphatic rings. The van der Waals surface area contributed by atoms with E-state index in [9.17, 15) is 14.7 Å². The average Bonchev–Trinajstić information content (AvgIpc) is 2.68. The summed E-state index contributed by atoms with van der Waals surface area (Å²) in [6.45, 7) is 3.59. The maximum atomic E-state index is 12.2. The van der Waals surface area contributed by atoms with Crippen LogP contribution in [0.25, 0.3) is 6.08 Å². The molecular formula is C22H19ClN2O4S. The zero-order valence-electron chi connectivity index (χ0n) is 16.2. The second-order valence-electron chi connectivity index (χ2n) is 6.68. The van der Waals surface area contributed by atoms with Crippen LogP contribution in [0.3, 0.4) is 0 Å². The van der Waals surface area contributed by atoms with Crippen LogP contribution < -0.4 is 15.4 Å². The van der Waals surface area contributed by atoms with Crippen molar-refractivity contribution >= 4 is 46.9 Å². The highest BCUT2D eigenvalue weighted by molar-refractivity contribution is 7.80. The number of ether oxygens (including phenoxy) is 1. The molecule has 0 aromatic heterocycles. The number of hydrogen-bond acceptors (Lipinski definition) is 4. The quantitative estimate of drug-likeness (QED) is 0.277. The summed E-state index contributed by atoms with van der Waals surface area (Å²) in [5, 5.41) is 15.8. The van der Waals surface area contributed by atoms with Gasteiger partial charge in [0.1, 0.15) is 5.75 Å². The first kappa shape index (κ1) is 21.5. The van der Waals surface area contributed by atoms with Crippen molar-refractivity contribution in [3.05, 3.63) is 81.5 Å². The van der Waals surface area contributed by atoms with Gasteiger partial charge in [-0.05, 0) is 61.0 Å². The molecule has 1 aliphatic heterocycles. The molecule has 0 aliphatic carbocycles. The number of esters is 1. The van der Waals surface area contributed by atoms with E-state index in [1.165, 1.54) is 12.1 Å². The molecule has 0 saturated heterocycles. The molecule has 3 N–H and O–H groups in total. The molecule has 2 aromatic rings. The van der Waals surface area contributed by atoms with Crippen LogP contribution in [-0.2, 0) is 9.59 Å². The van der Waals surface area contributed by atoms with Crippen molar-refractivity contribution in [3.63, 3.8) is 0 Å². The number of carbonyl (C=O) groups is 2. The van der Waals surface area contributed by atoms with Crippen LogP contribution in [0.15, 0.2) is 59.8 Å². The van der Waals surface area contributed by atoms with Gasteiger partial charge in [-0.25, -0.2) is 9.59 Å². The molecule has 8 heteroatoms. The van der Waals surface area contributed by atoms with E-state index in [-0.39, 0.29) is 16.3 Å². The summed E-state index contributed by atoms with van der Waals surface area (Å²) in [6, 6.07) is 11.7. The summed E-state index contributed by atoms with van der Waals surface area (Å²) in [6.07, 6.45) is 3.00. The average molecular weight is 443 g/mol. The van der Waals surface area contributed by atoms with Crippen molar-refractivity contribution in [3.8, 4) is 5.75 Å². The standard InChI is InChI=1S/C22H19ClN2O4S/c1-12-5-3-4-6-14(12)8-10-18(26)29-17-9-7-15(11-16(17)23)20-19(21(27)28)13(2)24-22(30)25-20/h3-11,20H,1-2H3,(H,27,28)(H2,24,25,30). The number of carboxylic acids is 1. The Hall–Kier alpha value is -3.16. The van der Waals surface area contributed by atoms with Crippen LogP contribution in [0, 0.1) is 6.92 Å². The number of aliphatic carboxylic acids is 1. The molecule has 0 bridgehead atoms. The molecule has 2 aromatic carbocycles. The smallest absolute Gasteiger partial charge is 0.336 e. The van der Waals surface area contributed by atoms with Crippen molar-refractivity contribution in [1.82, 2.24) is 10.6 Å². The zero-order chi connectivity index (χ0) is 21.8. The van der Waals surface area contributed by atoms with Gasteiger partial charge in [-0.3, -0.25) is 0 Å². The number of carboxylic acid groups (broad SMARTS) is 1. The molecular weight excluding hydrogens is 424 g/mol. The second-order valence-corrected chi connectivity index (χ2v) is 7.49. The third-order valence-electron chi connectivity index (χ3n) is 4.59. The van der Waals surface area contributed by atoms with Crippen LogP contribution >= 0.6 is 23.8 Å². The van der Waals surface area contributed by atoms with E-state index in [4.69, 9.17) is 28.6 Å². The monoisotopic (exact) mass is 442 g/mol. The zero-order valence-corrected chi connectivity index (χ0v) is 17.8. The number of carbonyl (C=O) groups excluding carboxylic acids is 1. The van der Waals surface area contributed by atoms with E-state index in [2.05, 4.69) is 10.6 Å². The molecule has 1 heterocycles. The number of halogens is 1. The molecule has 0 amide bonds. The summed E-state index contributed by atoms with van der Waals surface area (Å²) < 4.78 is 5.32. The van der Waals surface area contributed by atoms with E-state index in [0.717, 1.165) is 11.1 Å². The van der Waals surface area contributed by atoms with Gasteiger partial charge < -0.3 is 20.5 Å². The summed E-state index contributed by atoms with van der Waals surface area (Å²) >= 11 is 11.4. The lowest BCUT2D eigenvalue weighted by Gasteiger charge is -2.29. The first-order valence-corrected chi connectivity index (χ1v) is 9.81. The van der Waals surface area contributed by atoms with Gasteiger partial charge in [-0.15, -0.1) is 0 Å². The van der Waals surface area contributed by atoms with Gasteiger partial charge in [-0.1, -0.05) is 41.9 Å². The topological polar surface area (TPSA) is 87.7 Å². The Morgan fingerprint density at radius 2 is 1.93 bits per heavy atom. The largest absolute Gasteiger partial charge is 0.478 e. The fourth-order valence-electron chi connectivity index (χ4n) is 3.08. The lowest BCUT2D eigenvalue weighted by molar-refractivity contribution is -0.133. The molecule has 154 valence electrons. The van der Waals surface area contributed by atoms with Gasteiger partial charge in [0, 0.05) is 11.8 Å². The number of benzene rings is 2. The third-order valence-corrected chi connectivity index (χ3v) is 5.10. The van der Waals surface area contributed by atoms with E-state index < -0.39 is 18.0 Å². The van der Waals surface area contributed by atoms with Gasteiger partial charge in [0.25, 0.3) is 0 Å². The van der Waals surface area contributed by atoms with E-state index in [1.54, 1.807) is 25.1 Å². The van der Waals surface area contributed by atoms with Crippen LogP contribution in [0.1, 0.15) is 29.7 Å². The van der Waals surface area contributed by atoms with Crippen LogP contribution in [0.2, 0.25) is 5.02 Å². The van der Waals surface area contributed by atoms with Crippen molar-refractivity contribution in [2.45, 2.75) is 19.9 Å². The van der Waals surface area contributed by atoms with Gasteiger partial charge in [0.15, 0.2) is 5.11 Å². The molecule has 6 nitrogen and oxygen atoms in total. The van der Waals surface area contributed by atoms with Gasteiger partial charge in [0.05, 0.1) is 16.6 Å². The number of aryl methyl sites for hydroxylation is 1.